The van der Waals surface area contributed by atoms with Crippen molar-refractivity contribution in [2.75, 3.05) is 20.2 Å². The monoisotopic (exact) mass is 542 g/mol. The molecule has 1 heterocycles. The van der Waals surface area contributed by atoms with E-state index in [0.717, 1.165) is 24.0 Å². The SMILES string of the molecule is COc1ccc(CN(Cc2ccc(C(C)C)cc2)S(=O)(=O)c2ccc(S(=O)(=O)N3CCCC3)cc2)cc1. The Hall–Kier alpha value is -2.72. The lowest BCUT2D eigenvalue weighted by molar-refractivity contribution is 0.399. The van der Waals surface area contributed by atoms with Crippen LogP contribution in [0.15, 0.2) is 82.6 Å². The topological polar surface area (TPSA) is 84.0 Å². The second kappa shape index (κ2) is 11.3. The quantitative estimate of drug-likeness (QED) is 0.360. The molecule has 9 heteroatoms. The summed E-state index contributed by atoms with van der Waals surface area (Å²) in [4.78, 5) is 0.166. The number of benzene rings is 3. The molecule has 3 aromatic rings. The van der Waals surface area contributed by atoms with Crippen LogP contribution in [0.4, 0.5) is 0 Å². The van der Waals surface area contributed by atoms with E-state index in [-0.39, 0.29) is 22.9 Å². The van der Waals surface area contributed by atoms with Crippen LogP contribution in [0, 0.1) is 0 Å². The van der Waals surface area contributed by atoms with Crippen LogP contribution in [-0.4, -0.2) is 45.6 Å². The molecule has 0 atom stereocenters. The molecule has 0 N–H and O–H groups in total. The highest BCUT2D eigenvalue weighted by molar-refractivity contribution is 7.89. The van der Waals surface area contributed by atoms with Gasteiger partial charge in [-0.25, -0.2) is 16.8 Å². The number of hydrogen-bond donors (Lipinski definition) is 0. The fraction of sp³-hybridized carbons (Fsp3) is 0.357. The molecule has 4 rings (SSSR count). The zero-order chi connectivity index (χ0) is 26.6. The molecule has 7 nitrogen and oxygen atoms in total. The molecule has 0 amide bonds. The summed E-state index contributed by atoms with van der Waals surface area (Å²) < 4.78 is 61.5. The van der Waals surface area contributed by atoms with E-state index in [1.807, 2.05) is 36.4 Å². The molecule has 1 fully saturated rings. The highest BCUT2D eigenvalue weighted by atomic mass is 32.2. The maximum Gasteiger partial charge on any atom is 0.243 e. The number of rotatable bonds is 10. The van der Waals surface area contributed by atoms with E-state index in [9.17, 15) is 16.8 Å². The van der Waals surface area contributed by atoms with Crippen LogP contribution in [0.1, 0.15) is 49.3 Å². The van der Waals surface area contributed by atoms with Crippen molar-refractivity contribution < 1.29 is 21.6 Å². The summed E-state index contributed by atoms with van der Waals surface area (Å²) in [6.07, 6.45) is 1.67. The molecule has 0 bridgehead atoms. The number of ether oxygens (including phenoxy) is 1. The predicted molar refractivity (Wildman–Crippen MR) is 144 cm³/mol. The number of sulfonamides is 2. The van der Waals surface area contributed by atoms with E-state index in [4.69, 9.17) is 4.74 Å². The summed E-state index contributed by atoms with van der Waals surface area (Å²) in [5.41, 5.74) is 2.87. The lowest BCUT2D eigenvalue weighted by atomic mass is 10.0. The van der Waals surface area contributed by atoms with E-state index in [0.29, 0.717) is 24.8 Å². The van der Waals surface area contributed by atoms with Gasteiger partial charge in [0, 0.05) is 26.2 Å². The predicted octanol–water partition coefficient (Wildman–Crippen LogP) is 4.99. The Kier molecular flexibility index (Phi) is 8.38. The third-order valence-corrected chi connectivity index (χ3v) is 10.4. The first-order chi connectivity index (χ1) is 17.6. The van der Waals surface area contributed by atoms with Crippen molar-refractivity contribution in [1.82, 2.24) is 8.61 Å². The standard InChI is InChI=1S/C28H34N2O5S2/c1-22(2)25-10-6-23(7-11-25)20-30(21-24-8-12-26(35-3)13-9-24)37(33,34)28-16-14-27(15-17-28)36(31,32)29-18-4-5-19-29/h6-17,22H,4-5,18-21H2,1-3H3. The first kappa shape index (κ1) is 27.3. The molecule has 198 valence electrons. The minimum absolute atomic E-state index is 0.0557. The van der Waals surface area contributed by atoms with Gasteiger partial charge >= 0.3 is 0 Å². The van der Waals surface area contributed by atoms with Crippen LogP contribution >= 0.6 is 0 Å². The summed E-state index contributed by atoms with van der Waals surface area (Å²) in [7, 11) is -5.97. The zero-order valence-electron chi connectivity index (χ0n) is 21.5. The minimum Gasteiger partial charge on any atom is -0.497 e. The van der Waals surface area contributed by atoms with Crippen LogP contribution in [0.5, 0.6) is 5.75 Å². The molecule has 0 saturated carbocycles. The molecule has 0 radical (unpaired) electrons. The van der Waals surface area contributed by atoms with Gasteiger partial charge in [-0.05, 0) is 71.8 Å². The van der Waals surface area contributed by atoms with Crippen LogP contribution in [0.2, 0.25) is 0 Å². The molecule has 3 aromatic carbocycles. The highest BCUT2D eigenvalue weighted by Crippen LogP contribution is 2.26. The average Bonchev–Trinajstić information content (AvgIpc) is 3.45. The maximum atomic E-state index is 13.8. The first-order valence-corrected chi connectivity index (χ1v) is 15.3. The van der Waals surface area contributed by atoms with Crippen molar-refractivity contribution >= 4 is 20.0 Å². The van der Waals surface area contributed by atoms with Gasteiger partial charge in [0.25, 0.3) is 0 Å². The lowest BCUT2D eigenvalue weighted by Gasteiger charge is -2.23. The fourth-order valence-corrected chi connectivity index (χ4v) is 7.32. The largest absolute Gasteiger partial charge is 0.497 e. The summed E-state index contributed by atoms with van der Waals surface area (Å²) in [6, 6.07) is 20.8. The van der Waals surface area contributed by atoms with Gasteiger partial charge in [-0.15, -0.1) is 0 Å². The first-order valence-electron chi connectivity index (χ1n) is 12.4. The summed E-state index contributed by atoms with van der Waals surface area (Å²) in [5, 5.41) is 0. The van der Waals surface area contributed by atoms with Crippen molar-refractivity contribution in [2.45, 2.75) is 55.5 Å². The maximum absolute atomic E-state index is 13.8. The van der Waals surface area contributed by atoms with Gasteiger partial charge in [0.1, 0.15) is 5.75 Å². The van der Waals surface area contributed by atoms with Crippen molar-refractivity contribution in [3.05, 3.63) is 89.5 Å². The fourth-order valence-electron chi connectivity index (χ4n) is 4.38. The molecular weight excluding hydrogens is 508 g/mol. The Morgan fingerprint density at radius 2 is 1.24 bits per heavy atom. The van der Waals surface area contributed by atoms with Gasteiger partial charge in [-0.3, -0.25) is 0 Å². The number of methoxy groups -OCH3 is 1. The molecule has 0 spiro atoms. The molecule has 1 aliphatic rings. The van der Waals surface area contributed by atoms with Crippen molar-refractivity contribution in [3.63, 3.8) is 0 Å². The van der Waals surface area contributed by atoms with Crippen LogP contribution < -0.4 is 4.74 Å². The summed E-state index contributed by atoms with van der Waals surface area (Å²) >= 11 is 0. The smallest absolute Gasteiger partial charge is 0.243 e. The van der Waals surface area contributed by atoms with E-state index >= 15 is 0 Å². The zero-order valence-corrected chi connectivity index (χ0v) is 23.1. The summed E-state index contributed by atoms with van der Waals surface area (Å²) in [5.74, 6) is 1.07. The van der Waals surface area contributed by atoms with E-state index in [2.05, 4.69) is 13.8 Å². The van der Waals surface area contributed by atoms with E-state index in [1.165, 1.54) is 38.4 Å². The Balaban J connectivity index is 1.64. The van der Waals surface area contributed by atoms with Crippen molar-refractivity contribution in [3.8, 4) is 5.75 Å². The molecule has 0 aliphatic carbocycles. The van der Waals surface area contributed by atoms with Gasteiger partial charge in [0.15, 0.2) is 0 Å². The van der Waals surface area contributed by atoms with Gasteiger partial charge in [-0.1, -0.05) is 50.2 Å². The highest BCUT2D eigenvalue weighted by Gasteiger charge is 2.29. The van der Waals surface area contributed by atoms with Crippen LogP contribution in [0.3, 0.4) is 0 Å². The molecule has 1 saturated heterocycles. The van der Waals surface area contributed by atoms with Gasteiger partial charge in [0.05, 0.1) is 16.9 Å². The van der Waals surface area contributed by atoms with E-state index in [1.54, 1.807) is 19.2 Å². The van der Waals surface area contributed by atoms with Crippen molar-refractivity contribution in [1.29, 1.82) is 0 Å². The molecule has 0 unspecified atom stereocenters. The third-order valence-electron chi connectivity index (χ3n) is 6.69. The second-order valence-electron chi connectivity index (χ2n) is 9.60. The lowest BCUT2D eigenvalue weighted by Crippen LogP contribution is -2.30. The third kappa shape index (κ3) is 6.23. The molecule has 0 aromatic heterocycles. The molecule has 37 heavy (non-hydrogen) atoms. The van der Waals surface area contributed by atoms with Gasteiger partial charge in [-0.2, -0.15) is 8.61 Å². The second-order valence-corrected chi connectivity index (χ2v) is 13.5. The molecular formula is C28H34N2O5S2. The average molecular weight is 543 g/mol. The Labute approximate surface area is 220 Å². The molecule has 1 aliphatic heterocycles. The Morgan fingerprint density at radius 1 is 0.757 bits per heavy atom. The Morgan fingerprint density at radius 3 is 1.73 bits per heavy atom. The Bertz CT molecular complexity index is 1390. The van der Waals surface area contributed by atoms with Crippen LogP contribution in [-0.2, 0) is 33.1 Å². The summed E-state index contributed by atoms with van der Waals surface area (Å²) in [6.45, 7) is 5.56. The van der Waals surface area contributed by atoms with Gasteiger partial charge < -0.3 is 4.74 Å². The minimum atomic E-state index is -3.93. The van der Waals surface area contributed by atoms with Gasteiger partial charge in [0.2, 0.25) is 20.0 Å². The normalized spacial score (nSPS) is 14.9. The number of hydrogen-bond acceptors (Lipinski definition) is 5. The van der Waals surface area contributed by atoms with E-state index < -0.39 is 20.0 Å². The number of nitrogens with zero attached hydrogens (tertiary/aromatic N) is 2. The van der Waals surface area contributed by atoms with Crippen LogP contribution in [0.25, 0.3) is 0 Å². The van der Waals surface area contributed by atoms with Crippen molar-refractivity contribution in [2.24, 2.45) is 0 Å².